The van der Waals surface area contributed by atoms with Crippen LogP contribution in [0.1, 0.15) is 33.1 Å². The Morgan fingerprint density at radius 3 is 2.76 bits per heavy atom. The van der Waals surface area contributed by atoms with E-state index in [0.29, 0.717) is 6.54 Å². The Morgan fingerprint density at radius 2 is 2.24 bits per heavy atom. The maximum atomic E-state index is 6.06. The summed E-state index contributed by atoms with van der Waals surface area (Å²) >= 11 is 0. The largest absolute Gasteiger partial charge is 0.377 e. The van der Waals surface area contributed by atoms with Crippen molar-refractivity contribution in [2.75, 3.05) is 33.4 Å². The van der Waals surface area contributed by atoms with Gasteiger partial charge in [-0.1, -0.05) is 0 Å². The second kappa shape index (κ2) is 4.84. The van der Waals surface area contributed by atoms with Crippen LogP contribution in [0, 0.1) is 0 Å². The first kappa shape index (κ1) is 13.3. The van der Waals surface area contributed by atoms with E-state index in [1.165, 1.54) is 6.42 Å². The quantitative estimate of drug-likeness (QED) is 0.802. The van der Waals surface area contributed by atoms with Gasteiger partial charge in [-0.3, -0.25) is 4.90 Å². The molecule has 2 rings (SSSR count). The van der Waals surface area contributed by atoms with Crippen LogP contribution in [0.3, 0.4) is 0 Å². The van der Waals surface area contributed by atoms with Crippen molar-refractivity contribution < 1.29 is 9.47 Å². The van der Waals surface area contributed by atoms with Crippen molar-refractivity contribution in [2.24, 2.45) is 5.73 Å². The molecular formula is C13H26N2O2. The van der Waals surface area contributed by atoms with Gasteiger partial charge in [0, 0.05) is 26.8 Å². The Hall–Kier alpha value is -0.160. The molecule has 2 N–H and O–H groups in total. The highest BCUT2D eigenvalue weighted by molar-refractivity contribution is 5.03. The first-order valence-electron chi connectivity index (χ1n) is 6.68. The Balaban J connectivity index is 2.15. The minimum atomic E-state index is -0.0251. The van der Waals surface area contributed by atoms with Gasteiger partial charge in [-0.25, -0.2) is 0 Å². The van der Waals surface area contributed by atoms with Gasteiger partial charge in [0.1, 0.15) is 0 Å². The summed E-state index contributed by atoms with van der Waals surface area (Å²) < 4.78 is 11.4. The van der Waals surface area contributed by atoms with Crippen molar-refractivity contribution in [2.45, 2.75) is 50.4 Å². The summed E-state index contributed by atoms with van der Waals surface area (Å²) in [6.07, 6.45) is 3.59. The Kier molecular flexibility index (Phi) is 3.78. The smallest absolute Gasteiger partial charge is 0.0777 e. The minimum Gasteiger partial charge on any atom is -0.377 e. The summed E-state index contributed by atoms with van der Waals surface area (Å²) in [6, 6.07) is 0. The molecule has 3 atom stereocenters. The van der Waals surface area contributed by atoms with E-state index in [1.54, 1.807) is 0 Å². The number of hydrogen-bond donors (Lipinski definition) is 1. The molecule has 0 saturated carbocycles. The molecule has 4 heteroatoms. The van der Waals surface area contributed by atoms with Crippen LogP contribution in [0.5, 0.6) is 0 Å². The molecule has 100 valence electrons. The lowest BCUT2D eigenvalue weighted by molar-refractivity contribution is -0.0915. The average molecular weight is 242 g/mol. The van der Waals surface area contributed by atoms with E-state index >= 15 is 0 Å². The van der Waals surface area contributed by atoms with E-state index in [9.17, 15) is 0 Å². The van der Waals surface area contributed by atoms with E-state index in [4.69, 9.17) is 15.2 Å². The van der Waals surface area contributed by atoms with Gasteiger partial charge in [-0.15, -0.1) is 0 Å². The SMILES string of the molecule is COC1(C)CCCN(C2(CN)CCOC2C)C1. The number of methoxy groups -OCH3 is 1. The molecule has 0 aromatic heterocycles. The number of nitrogens with two attached hydrogens (primary N) is 1. The van der Waals surface area contributed by atoms with E-state index in [0.717, 1.165) is 32.5 Å². The molecule has 0 radical (unpaired) electrons. The minimum absolute atomic E-state index is 0.0251. The molecule has 17 heavy (non-hydrogen) atoms. The molecule has 0 amide bonds. The van der Waals surface area contributed by atoms with Crippen LogP contribution in [0.15, 0.2) is 0 Å². The molecule has 0 aromatic carbocycles. The highest BCUT2D eigenvalue weighted by atomic mass is 16.5. The molecule has 2 aliphatic heterocycles. The van der Waals surface area contributed by atoms with Gasteiger partial charge in [0.25, 0.3) is 0 Å². The predicted molar refractivity (Wildman–Crippen MR) is 68.0 cm³/mol. The van der Waals surface area contributed by atoms with Crippen LogP contribution in [0.4, 0.5) is 0 Å². The molecular weight excluding hydrogens is 216 g/mol. The summed E-state index contributed by atoms with van der Waals surface area (Å²) in [5, 5.41) is 0. The Bertz CT molecular complexity index is 274. The van der Waals surface area contributed by atoms with Crippen molar-refractivity contribution >= 4 is 0 Å². The summed E-state index contributed by atoms with van der Waals surface area (Å²) in [4.78, 5) is 2.51. The van der Waals surface area contributed by atoms with Gasteiger partial charge in [-0.05, 0) is 39.7 Å². The molecule has 2 fully saturated rings. The van der Waals surface area contributed by atoms with Crippen molar-refractivity contribution in [3.05, 3.63) is 0 Å². The molecule has 0 aromatic rings. The Morgan fingerprint density at radius 1 is 1.47 bits per heavy atom. The highest BCUT2D eigenvalue weighted by Crippen LogP contribution is 2.36. The Labute approximate surface area is 104 Å². The zero-order valence-electron chi connectivity index (χ0n) is 11.4. The fraction of sp³-hybridized carbons (Fsp3) is 1.00. The first-order chi connectivity index (χ1) is 8.06. The highest BCUT2D eigenvalue weighted by Gasteiger charge is 2.48. The van der Waals surface area contributed by atoms with Gasteiger partial charge in [0.15, 0.2) is 0 Å². The fourth-order valence-electron chi connectivity index (χ4n) is 3.34. The monoisotopic (exact) mass is 242 g/mol. The van der Waals surface area contributed by atoms with Crippen LogP contribution in [0.25, 0.3) is 0 Å². The lowest BCUT2D eigenvalue weighted by atomic mass is 9.84. The van der Waals surface area contributed by atoms with Crippen molar-refractivity contribution in [3.8, 4) is 0 Å². The standard InChI is InChI=1S/C13H26N2O2/c1-11-13(9-14,6-8-17-11)15-7-4-5-12(2,10-15)16-3/h11H,4-10,14H2,1-3H3. The van der Waals surface area contributed by atoms with Crippen molar-refractivity contribution in [3.63, 3.8) is 0 Å². The van der Waals surface area contributed by atoms with Gasteiger partial charge in [0.2, 0.25) is 0 Å². The lowest BCUT2D eigenvalue weighted by Gasteiger charge is -2.49. The van der Waals surface area contributed by atoms with Crippen LogP contribution < -0.4 is 5.73 Å². The van der Waals surface area contributed by atoms with E-state index in [1.807, 2.05) is 7.11 Å². The average Bonchev–Trinajstić information content (AvgIpc) is 2.72. The maximum absolute atomic E-state index is 6.06. The zero-order valence-corrected chi connectivity index (χ0v) is 11.4. The number of likely N-dealkylation sites (tertiary alicyclic amines) is 1. The second-order valence-corrected chi connectivity index (χ2v) is 5.75. The third-order valence-electron chi connectivity index (χ3n) is 4.79. The topological polar surface area (TPSA) is 47.7 Å². The summed E-state index contributed by atoms with van der Waals surface area (Å²) in [6.45, 7) is 7.94. The zero-order chi connectivity index (χ0) is 12.5. The van der Waals surface area contributed by atoms with Gasteiger partial charge in [-0.2, -0.15) is 0 Å². The number of rotatable bonds is 3. The van der Waals surface area contributed by atoms with Gasteiger partial charge >= 0.3 is 0 Å². The van der Waals surface area contributed by atoms with Crippen LogP contribution in [0.2, 0.25) is 0 Å². The van der Waals surface area contributed by atoms with Crippen molar-refractivity contribution in [1.82, 2.24) is 4.90 Å². The normalized spacial score (nSPS) is 44.1. The first-order valence-corrected chi connectivity index (χ1v) is 6.68. The van der Waals surface area contributed by atoms with E-state index < -0.39 is 0 Å². The molecule has 0 spiro atoms. The van der Waals surface area contributed by atoms with E-state index in [-0.39, 0.29) is 17.2 Å². The van der Waals surface area contributed by atoms with Crippen LogP contribution in [-0.4, -0.2) is 55.5 Å². The molecule has 3 unspecified atom stereocenters. The fourth-order valence-corrected chi connectivity index (χ4v) is 3.34. The number of ether oxygens (including phenoxy) is 2. The number of hydrogen-bond acceptors (Lipinski definition) is 4. The molecule has 4 nitrogen and oxygen atoms in total. The van der Waals surface area contributed by atoms with E-state index in [2.05, 4.69) is 18.7 Å². The summed E-state index contributed by atoms with van der Waals surface area (Å²) in [7, 11) is 1.81. The molecule has 2 aliphatic rings. The maximum Gasteiger partial charge on any atom is 0.0777 e. The molecule has 2 heterocycles. The number of piperidine rings is 1. The van der Waals surface area contributed by atoms with Gasteiger partial charge < -0.3 is 15.2 Å². The lowest BCUT2D eigenvalue weighted by Crippen LogP contribution is -2.63. The predicted octanol–water partition coefficient (Wildman–Crippen LogP) is 0.994. The number of nitrogens with zero attached hydrogens (tertiary/aromatic N) is 1. The van der Waals surface area contributed by atoms with Crippen LogP contribution >= 0.6 is 0 Å². The summed E-state index contributed by atoms with van der Waals surface area (Å²) in [5.41, 5.74) is 6.06. The van der Waals surface area contributed by atoms with Crippen LogP contribution in [-0.2, 0) is 9.47 Å². The third-order valence-corrected chi connectivity index (χ3v) is 4.79. The molecule has 0 aliphatic carbocycles. The second-order valence-electron chi connectivity index (χ2n) is 5.75. The molecule has 2 saturated heterocycles. The summed E-state index contributed by atoms with van der Waals surface area (Å²) in [5.74, 6) is 0. The molecule has 0 bridgehead atoms. The van der Waals surface area contributed by atoms with Gasteiger partial charge in [0.05, 0.1) is 17.2 Å². The van der Waals surface area contributed by atoms with Crippen molar-refractivity contribution in [1.29, 1.82) is 0 Å². The third kappa shape index (κ3) is 2.24.